The number of hydrogen-bond donors (Lipinski definition) is 2. The molecule has 1 unspecified atom stereocenters. The number of amides is 1. The van der Waals surface area contributed by atoms with Crippen LogP contribution in [0, 0.1) is 0 Å². The number of alkyl halides is 3. The average Bonchev–Trinajstić information content (AvgIpc) is 2.66. The number of carbonyl (C=O) groups excluding carboxylic acids is 1. The van der Waals surface area contributed by atoms with E-state index in [1.54, 1.807) is 19.1 Å². The Balaban J connectivity index is 1.87. The molecule has 0 aliphatic rings. The van der Waals surface area contributed by atoms with E-state index in [0.29, 0.717) is 5.56 Å². The van der Waals surface area contributed by atoms with Crippen LogP contribution in [0.15, 0.2) is 58.3 Å². The van der Waals surface area contributed by atoms with Crippen LogP contribution >= 0.6 is 0 Å². The fraction of sp³-hybridized carbons (Fsp3) is 0.316. The highest BCUT2D eigenvalue weighted by molar-refractivity contribution is 7.90. The number of sulfone groups is 1. The van der Waals surface area contributed by atoms with Crippen molar-refractivity contribution in [2.75, 3.05) is 12.8 Å². The first kappa shape index (κ1) is 25.6. The lowest BCUT2D eigenvalue weighted by atomic mass is 10.1. The molecule has 2 rings (SSSR count). The summed E-state index contributed by atoms with van der Waals surface area (Å²) in [5.41, 5.74) is 0.660. The second kappa shape index (κ2) is 9.88. The zero-order valence-electron chi connectivity index (χ0n) is 17.0. The van der Waals surface area contributed by atoms with Crippen LogP contribution in [-0.2, 0) is 24.7 Å². The van der Waals surface area contributed by atoms with Crippen LogP contribution in [0.5, 0.6) is 5.75 Å². The maximum absolute atomic E-state index is 12.2. The van der Waals surface area contributed by atoms with E-state index in [4.69, 9.17) is 0 Å². The SMILES string of the molecule is CC(NC(=O)CCNS(=O)(=O)c1ccc(OC(F)(F)F)cc1)c1ccc(S(C)(=O)=O)cc1. The Morgan fingerprint density at radius 1 is 0.969 bits per heavy atom. The molecule has 0 aliphatic heterocycles. The molecule has 2 N–H and O–H groups in total. The minimum Gasteiger partial charge on any atom is -0.406 e. The molecule has 0 spiro atoms. The summed E-state index contributed by atoms with van der Waals surface area (Å²) < 4.78 is 89.8. The molecule has 2 aromatic carbocycles. The van der Waals surface area contributed by atoms with Crippen molar-refractivity contribution >= 4 is 25.8 Å². The minimum atomic E-state index is -4.89. The van der Waals surface area contributed by atoms with E-state index >= 15 is 0 Å². The van der Waals surface area contributed by atoms with Gasteiger partial charge in [-0.2, -0.15) is 0 Å². The second-order valence-corrected chi connectivity index (χ2v) is 10.6. The molecule has 1 amide bonds. The number of benzene rings is 2. The van der Waals surface area contributed by atoms with Gasteiger partial charge in [-0.25, -0.2) is 21.6 Å². The predicted molar refractivity (Wildman–Crippen MR) is 109 cm³/mol. The molecule has 32 heavy (non-hydrogen) atoms. The van der Waals surface area contributed by atoms with Crippen LogP contribution < -0.4 is 14.8 Å². The maximum atomic E-state index is 12.2. The summed E-state index contributed by atoms with van der Waals surface area (Å²) in [6.07, 6.45) is -4.00. The second-order valence-electron chi connectivity index (χ2n) is 6.80. The summed E-state index contributed by atoms with van der Waals surface area (Å²) in [6, 6.07) is 9.16. The van der Waals surface area contributed by atoms with Gasteiger partial charge >= 0.3 is 6.36 Å². The van der Waals surface area contributed by atoms with Crippen LogP contribution in [-0.4, -0.2) is 41.9 Å². The zero-order valence-corrected chi connectivity index (χ0v) is 18.6. The third kappa shape index (κ3) is 7.80. The average molecular weight is 495 g/mol. The van der Waals surface area contributed by atoms with Gasteiger partial charge in [0.15, 0.2) is 9.84 Å². The van der Waals surface area contributed by atoms with Gasteiger partial charge in [0.1, 0.15) is 5.75 Å². The summed E-state index contributed by atoms with van der Waals surface area (Å²) >= 11 is 0. The van der Waals surface area contributed by atoms with Crippen molar-refractivity contribution in [3.05, 3.63) is 54.1 Å². The number of nitrogens with one attached hydrogen (secondary N) is 2. The summed E-state index contributed by atoms with van der Waals surface area (Å²) in [5.74, 6) is -1.02. The fourth-order valence-corrected chi connectivity index (χ4v) is 4.27. The Morgan fingerprint density at radius 3 is 2.00 bits per heavy atom. The Bertz CT molecular complexity index is 1150. The fourth-order valence-electron chi connectivity index (χ4n) is 2.60. The standard InChI is InChI=1S/C19H21F3N2O6S2/c1-13(14-3-7-16(8-4-14)31(2,26)27)24-18(25)11-12-23-32(28,29)17-9-5-15(6-10-17)30-19(20,21)22/h3-10,13,23H,11-12H2,1-2H3,(H,24,25). The zero-order chi connectivity index (χ0) is 24.2. The third-order valence-corrected chi connectivity index (χ3v) is 6.80. The van der Waals surface area contributed by atoms with Crippen molar-refractivity contribution in [3.63, 3.8) is 0 Å². The molecule has 0 saturated carbocycles. The van der Waals surface area contributed by atoms with E-state index in [1.165, 1.54) is 12.1 Å². The highest BCUT2D eigenvalue weighted by atomic mass is 32.2. The van der Waals surface area contributed by atoms with Gasteiger partial charge in [-0.15, -0.1) is 13.2 Å². The molecule has 0 heterocycles. The van der Waals surface area contributed by atoms with Crippen molar-refractivity contribution in [3.8, 4) is 5.75 Å². The lowest BCUT2D eigenvalue weighted by Crippen LogP contribution is -2.32. The van der Waals surface area contributed by atoms with E-state index in [2.05, 4.69) is 14.8 Å². The number of halogens is 3. The van der Waals surface area contributed by atoms with Crippen molar-refractivity contribution in [2.45, 2.75) is 35.5 Å². The first-order valence-electron chi connectivity index (χ1n) is 9.12. The van der Waals surface area contributed by atoms with E-state index in [0.717, 1.165) is 30.5 Å². The van der Waals surface area contributed by atoms with Crippen molar-refractivity contribution in [1.82, 2.24) is 10.0 Å². The van der Waals surface area contributed by atoms with E-state index in [-0.39, 0.29) is 22.8 Å². The molecule has 2 aromatic rings. The summed E-state index contributed by atoms with van der Waals surface area (Å²) in [4.78, 5) is 11.9. The Morgan fingerprint density at radius 2 is 1.50 bits per heavy atom. The molecule has 0 aliphatic carbocycles. The first-order valence-corrected chi connectivity index (χ1v) is 12.5. The molecular formula is C19H21F3N2O6S2. The van der Waals surface area contributed by atoms with E-state index < -0.39 is 43.9 Å². The number of rotatable bonds is 9. The molecule has 13 heteroatoms. The predicted octanol–water partition coefficient (Wildman–Crippen LogP) is 2.53. The molecule has 8 nitrogen and oxygen atoms in total. The molecular weight excluding hydrogens is 473 g/mol. The van der Waals surface area contributed by atoms with Crippen molar-refractivity contribution in [1.29, 1.82) is 0 Å². The van der Waals surface area contributed by atoms with Crippen LogP contribution in [0.25, 0.3) is 0 Å². The smallest absolute Gasteiger partial charge is 0.406 e. The summed E-state index contributed by atoms with van der Waals surface area (Å²) in [7, 11) is -7.38. The van der Waals surface area contributed by atoms with E-state index in [9.17, 15) is 34.8 Å². The Labute approximate surface area is 183 Å². The summed E-state index contributed by atoms with van der Waals surface area (Å²) in [5, 5.41) is 2.66. The Hall–Kier alpha value is -2.64. The molecule has 0 radical (unpaired) electrons. The third-order valence-electron chi connectivity index (χ3n) is 4.20. The van der Waals surface area contributed by atoms with Crippen LogP contribution in [0.4, 0.5) is 13.2 Å². The highest BCUT2D eigenvalue weighted by Gasteiger charge is 2.31. The summed E-state index contributed by atoms with van der Waals surface area (Å²) in [6.45, 7) is 1.44. The number of hydrogen-bond acceptors (Lipinski definition) is 6. The first-order chi connectivity index (χ1) is 14.7. The topological polar surface area (TPSA) is 119 Å². The molecule has 0 saturated heterocycles. The normalized spacial score (nSPS) is 13.4. The van der Waals surface area contributed by atoms with Gasteiger partial charge in [0.2, 0.25) is 15.9 Å². The highest BCUT2D eigenvalue weighted by Crippen LogP contribution is 2.23. The van der Waals surface area contributed by atoms with Gasteiger partial charge < -0.3 is 10.1 Å². The number of carbonyl (C=O) groups is 1. The molecule has 176 valence electrons. The number of sulfonamides is 1. The minimum absolute atomic E-state index is 0.146. The van der Waals surface area contributed by atoms with Gasteiger partial charge in [0.05, 0.1) is 15.8 Å². The van der Waals surface area contributed by atoms with Gasteiger partial charge in [-0.05, 0) is 48.9 Å². The molecule has 0 bridgehead atoms. The van der Waals surface area contributed by atoms with Crippen LogP contribution in [0.3, 0.4) is 0 Å². The lowest BCUT2D eigenvalue weighted by molar-refractivity contribution is -0.274. The van der Waals surface area contributed by atoms with Gasteiger partial charge in [-0.3, -0.25) is 4.79 Å². The molecule has 1 atom stereocenters. The lowest BCUT2D eigenvalue weighted by Gasteiger charge is -2.15. The number of ether oxygens (including phenoxy) is 1. The monoisotopic (exact) mass is 494 g/mol. The van der Waals surface area contributed by atoms with Gasteiger partial charge in [-0.1, -0.05) is 12.1 Å². The quantitative estimate of drug-likeness (QED) is 0.553. The van der Waals surface area contributed by atoms with Gasteiger partial charge in [0.25, 0.3) is 0 Å². The Kier molecular flexibility index (Phi) is 7.91. The molecule has 0 aromatic heterocycles. The van der Waals surface area contributed by atoms with E-state index in [1.807, 2.05) is 0 Å². The van der Waals surface area contributed by atoms with Crippen LogP contribution in [0.1, 0.15) is 24.9 Å². The van der Waals surface area contributed by atoms with Crippen LogP contribution in [0.2, 0.25) is 0 Å². The molecule has 0 fully saturated rings. The van der Waals surface area contributed by atoms with Gasteiger partial charge in [0, 0.05) is 19.2 Å². The largest absolute Gasteiger partial charge is 0.573 e. The maximum Gasteiger partial charge on any atom is 0.573 e. The van der Waals surface area contributed by atoms with Crippen molar-refractivity contribution < 1.29 is 39.5 Å². The van der Waals surface area contributed by atoms with Crippen molar-refractivity contribution in [2.24, 2.45) is 0 Å².